The van der Waals surface area contributed by atoms with Gasteiger partial charge in [-0.05, 0) is 48.9 Å². The Kier molecular flexibility index (Phi) is 4.59. The van der Waals surface area contributed by atoms with Crippen molar-refractivity contribution >= 4 is 43.0 Å². The van der Waals surface area contributed by atoms with Crippen molar-refractivity contribution in [2.24, 2.45) is 0 Å². The second-order valence-electron chi connectivity index (χ2n) is 5.65. The lowest BCUT2D eigenvalue weighted by Crippen LogP contribution is -2.14. The van der Waals surface area contributed by atoms with Crippen LogP contribution in [0, 0.1) is 6.92 Å². The average molecular weight is 376 g/mol. The summed E-state index contributed by atoms with van der Waals surface area (Å²) >= 11 is 1.40. The van der Waals surface area contributed by atoms with Gasteiger partial charge >= 0.3 is 0 Å². The number of hydrogen-bond acceptors (Lipinski definition) is 6. The fraction of sp³-hybridized carbons (Fsp3) is 0.176. The number of carbonyl (C=O) groups excluding carboxylic acids is 1. The molecule has 0 unspecified atom stereocenters. The Hall–Kier alpha value is -2.29. The molecule has 0 bridgehead atoms. The fourth-order valence-electron chi connectivity index (χ4n) is 2.44. The number of nitrogens with one attached hydrogen (secondary N) is 1. The third-order valence-corrected chi connectivity index (χ3v) is 5.83. The smallest absolute Gasteiger partial charge is 0.255 e. The number of nitrogens with zero attached hydrogens (tertiary/aromatic N) is 1. The van der Waals surface area contributed by atoms with Gasteiger partial charge in [0.25, 0.3) is 5.91 Å². The van der Waals surface area contributed by atoms with Crippen molar-refractivity contribution in [3.05, 3.63) is 52.5 Å². The minimum atomic E-state index is -3.31. The molecule has 0 aliphatic rings. The molecule has 2 aromatic carbocycles. The topological polar surface area (TPSA) is 96.4 Å². The van der Waals surface area contributed by atoms with Crippen LogP contribution < -0.4 is 5.32 Å². The lowest BCUT2D eigenvalue weighted by molar-refractivity contribution is 0.102. The summed E-state index contributed by atoms with van der Waals surface area (Å²) in [7, 11) is -3.31. The number of benzene rings is 2. The number of sulfone groups is 1. The first-order valence-corrected chi connectivity index (χ1v) is 10.1. The van der Waals surface area contributed by atoms with Gasteiger partial charge in [-0.1, -0.05) is 0 Å². The summed E-state index contributed by atoms with van der Waals surface area (Å²) in [5, 5.41) is 12.6. The monoisotopic (exact) mass is 376 g/mol. The van der Waals surface area contributed by atoms with E-state index in [4.69, 9.17) is 5.11 Å². The lowest BCUT2D eigenvalue weighted by Gasteiger charge is -2.09. The van der Waals surface area contributed by atoms with Crippen molar-refractivity contribution in [2.45, 2.75) is 18.4 Å². The summed E-state index contributed by atoms with van der Waals surface area (Å²) in [6.07, 6.45) is 1.13. The number of amides is 1. The maximum absolute atomic E-state index is 12.5. The number of fused-ring (bicyclic) bond motifs is 1. The van der Waals surface area contributed by atoms with E-state index in [9.17, 15) is 13.2 Å². The summed E-state index contributed by atoms with van der Waals surface area (Å²) in [5.74, 6) is -0.325. The molecule has 130 valence electrons. The second kappa shape index (κ2) is 6.55. The molecule has 25 heavy (non-hydrogen) atoms. The first-order chi connectivity index (χ1) is 11.8. The molecule has 0 spiro atoms. The molecule has 0 aliphatic carbocycles. The standard InChI is InChI=1S/C17H16N2O4S2/c1-10-7-12(25(2,22)23)4-5-13(10)17(21)18-11-3-6-15-14(8-11)19-16(9-20)24-15/h3-8,20H,9H2,1-2H3,(H,18,21). The van der Waals surface area contributed by atoms with Gasteiger partial charge in [-0.15, -0.1) is 11.3 Å². The van der Waals surface area contributed by atoms with Crippen LogP contribution >= 0.6 is 11.3 Å². The Balaban J connectivity index is 1.87. The zero-order valence-corrected chi connectivity index (χ0v) is 15.2. The largest absolute Gasteiger partial charge is 0.389 e. The van der Waals surface area contributed by atoms with Gasteiger partial charge in [0.15, 0.2) is 9.84 Å². The minimum absolute atomic E-state index is 0.118. The summed E-state index contributed by atoms with van der Waals surface area (Å²) in [5.41, 5.74) is 2.27. The number of anilines is 1. The molecule has 0 atom stereocenters. The molecule has 0 saturated carbocycles. The molecule has 3 aromatic rings. The first kappa shape index (κ1) is 17.5. The molecule has 3 rings (SSSR count). The van der Waals surface area contributed by atoms with E-state index >= 15 is 0 Å². The zero-order valence-electron chi connectivity index (χ0n) is 13.6. The van der Waals surface area contributed by atoms with E-state index in [1.54, 1.807) is 19.1 Å². The average Bonchev–Trinajstić information content (AvgIpc) is 2.96. The highest BCUT2D eigenvalue weighted by Crippen LogP contribution is 2.25. The predicted octanol–water partition coefficient (Wildman–Crippen LogP) is 2.75. The van der Waals surface area contributed by atoms with Crippen LogP contribution in [0.4, 0.5) is 5.69 Å². The third-order valence-electron chi connectivity index (χ3n) is 3.70. The third kappa shape index (κ3) is 3.71. The van der Waals surface area contributed by atoms with Crippen molar-refractivity contribution in [3.8, 4) is 0 Å². The van der Waals surface area contributed by atoms with Gasteiger partial charge in [0.2, 0.25) is 0 Å². The Bertz CT molecular complexity index is 1070. The van der Waals surface area contributed by atoms with E-state index in [2.05, 4.69) is 10.3 Å². The molecular formula is C17H16N2O4S2. The molecule has 1 heterocycles. The summed E-state index contributed by atoms with van der Waals surface area (Å²) in [4.78, 5) is 16.9. The highest BCUT2D eigenvalue weighted by molar-refractivity contribution is 7.90. The van der Waals surface area contributed by atoms with E-state index in [1.807, 2.05) is 6.07 Å². The number of thiazole rings is 1. The fourth-order valence-corrected chi connectivity index (χ4v) is 3.95. The summed E-state index contributed by atoms with van der Waals surface area (Å²) < 4.78 is 24.1. The number of aliphatic hydroxyl groups is 1. The Morgan fingerprint density at radius 3 is 2.64 bits per heavy atom. The highest BCUT2D eigenvalue weighted by atomic mass is 32.2. The van der Waals surface area contributed by atoms with E-state index in [0.717, 1.165) is 11.0 Å². The Morgan fingerprint density at radius 2 is 2.00 bits per heavy atom. The lowest BCUT2D eigenvalue weighted by atomic mass is 10.1. The van der Waals surface area contributed by atoms with Crippen LogP contribution in [0.1, 0.15) is 20.9 Å². The molecule has 0 aliphatic heterocycles. The number of carbonyl (C=O) groups is 1. The highest BCUT2D eigenvalue weighted by Gasteiger charge is 2.14. The zero-order chi connectivity index (χ0) is 18.2. The van der Waals surface area contributed by atoms with Crippen molar-refractivity contribution in [2.75, 3.05) is 11.6 Å². The van der Waals surface area contributed by atoms with E-state index in [-0.39, 0.29) is 17.4 Å². The first-order valence-electron chi connectivity index (χ1n) is 7.40. The quantitative estimate of drug-likeness (QED) is 0.730. The van der Waals surface area contributed by atoms with Crippen LogP contribution in [0.2, 0.25) is 0 Å². The number of rotatable bonds is 4. The van der Waals surface area contributed by atoms with Gasteiger partial charge < -0.3 is 10.4 Å². The Labute approximate surface area is 149 Å². The van der Waals surface area contributed by atoms with Crippen LogP contribution in [-0.2, 0) is 16.4 Å². The maximum Gasteiger partial charge on any atom is 0.255 e. The molecular weight excluding hydrogens is 360 g/mol. The van der Waals surface area contributed by atoms with Crippen molar-refractivity contribution in [1.82, 2.24) is 4.98 Å². The molecule has 0 saturated heterocycles. The summed E-state index contributed by atoms with van der Waals surface area (Å²) in [6, 6.07) is 9.76. The van der Waals surface area contributed by atoms with Crippen LogP contribution in [-0.4, -0.2) is 30.7 Å². The molecule has 1 aromatic heterocycles. The van der Waals surface area contributed by atoms with E-state index in [0.29, 0.717) is 27.3 Å². The molecule has 6 nitrogen and oxygen atoms in total. The maximum atomic E-state index is 12.5. The van der Waals surface area contributed by atoms with Crippen LogP contribution in [0.3, 0.4) is 0 Å². The van der Waals surface area contributed by atoms with Gasteiger partial charge in [0, 0.05) is 17.5 Å². The van der Waals surface area contributed by atoms with Gasteiger partial charge in [0.05, 0.1) is 21.7 Å². The van der Waals surface area contributed by atoms with E-state index < -0.39 is 9.84 Å². The molecule has 8 heteroatoms. The molecule has 1 amide bonds. The molecule has 0 fully saturated rings. The van der Waals surface area contributed by atoms with Gasteiger partial charge in [-0.2, -0.15) is 0 Å². The second-order valence-corrected chi connectivity index (χ2v) is 8.78. The van der Waals surface area contributed by atoms with E-state index in [1.165, 1.54) is 29.5 Å². The van der Waals surface area contributed by atoms with Crippen LogP contribution in [0.15, 0.2) is 41.3 Å². The number of aryl methyl sites for hydroxylation is 1. The summed E-state index contributed by atoms with van der Waals surface area (Å²) in [6.45, 7) is 1.58. The minimum Gasteiger partial charge on any atom is -0.389 e. The van der Waals surface area contributed by atoms with Gasteiger partial charge in [-0.25, -0.2) is 13.4 Å². The van der Waals surface area contributed by atoms with Crippen LogP contribution in [0.5, 0.6) is 0 Å². The Morgan fingerprint density at radius 1 is 1.24 bits per heavy atom. The number of aromatic nitrogens is 1. The number of hydrogen-bond donors (Lipinski definition) is 2. The van der Waals surface area contributed by atoms with Crippen LogP contribution in [0.25, 0.3) is 10.2 Å². The SMILES string of the molecule is Cc1cc(S(C)(=O)=O)ccc1C(=O)Nc1ccc2sc(CO)nc2c1. The van der Waals surface area contributed by atoms with Gasteiger partial charge in [-0.3, -0.25) is 4.79 Å². The molecule has 2 N–H and O–H groups in total. The van der Waals surface area contributed by atoms with Gasteiger partial charge in [0.1, 0.15) is 5.01 Å². The normalized spacial score (nSPS) is 11.6. The predicted molar refractivity (Wildman–Crippen MR) is 97.8 cm³/mol. The van der Waals surface area contributed by atoms with Crippen molar-refractivity contribution in [1.29, 1.82) is 0 Å². The van der Waals surface area contributed by atoms with Crippen molar-refractivity contribution in [3.63, 3.8) is 0 Å². The number of aliphatic hydroxyl groups excluding tert-OH is 1. The van der Waals surface area contributed by atoms with Crippen molar-refractivity contribution < 1.29 is 18.3 Å². The molecule has 0 radical (unpaired) electrons.